The Hall–Kier alpha value is -2.65. The van der Waals surface area contributed by atoms with Gasteiger partial charge in [0.2, 0.25) is 5.88 Å². The van der Waals surface area contributed by atoms with E-state index in [-0.39, 0.29) is 0 Å². The Morgan fingerprint density at radius 1 is 1.30 bits per heavy atom. The maximum Gasteiger partial charge on any atom is 0.215 e. The van der Waals surface area contributed by atoms with E-state index in [1.165, 1.54) is 0 Å². The number of rotatable bonds is 2. The lowest BCUT2D eigenvalue weighted by Crippen LogP contribution is -1.99. The fourth-order valence-electron chi connectivity index (χ4n) is 2.07. The number of methoxy groups -OCH3 is 1. The van der Waals surface area contributed by atoms with Crippen molar-refractivity contribution in [1.82, 2.24) is 14.5 Å². The summed E-state index contributed by atoms with van der Waals surface area (Å²) in [6, 6.07) is 13.0. The molecule has 0 aliphatic carbocycles. The molecule has 0 radical (unpaired) electrons. The molecular formula is C14H10N4OS. The van der Waals surface area contributed by atoms with Crippen LogP contribution in [0.25, 0.3) is 16.9 Å². The highest BCUT2D eigenvalue weighted by atomic mass is 32.1. The smallest absolute Gasteiger partial charge is 0.215 e. The number of imidazole rings is 1. The van der Waals surface area contributed by atoms with Gasteiger partial charge in [-0.2, -0.15) is 10.2 Å². The molecule has 1 N–H and O–H groups in total. The van der Waals surface area contributed by atoms with Crippen molar-refractivity contribution >= 4 is 23.4 Å². The van der Waals surface area contributed by atoms with Gasteiger partial charge in [0.05, 0.1) is 23.9 Å². The molecule has 0 saturated carbocycles. The van der Waals surface area contributed by atoms with Crippen molar-refractivity contribution in [1.29, 1.82) is 5.26 Å². The van der Waals surface area contributed by atoms with Gasteiger partial charge in [-0.25, -0.2) is 0 Å². The highest BCUT2D eigenvalue weighted by Crippen LogP contribution is 2.22. The number of hydrogen-bond acceptors (Lipinski definition) is 4. The predicted octanol–water partition coefficient (Wildman–Crippen LogP) is 2.96. The summed E-state index contributed by atoms with van der Waals surface area (Å²) in [5.74, 6) is 0.495. The molecule has 0 saturated heterocycles. The number of nitriles is 1. The molecule has 1 aromatic carbocycles. The van der Waals surface area contributed by atoms with E-state index in [2.05, 4.69) is 16.0 Å². The summed E-state index contributed by atoms with van der Waals surface area (Å²) >= 11 is 5.34. The summed E-state index contributed by atoms with van der Waals surface area (Å²) in [7, 11) is 1.56. The van der Waals surface area contributed by atoms with Gasteiger partial charge in [0.15, 0.2) is 10.4 Å². The highest BCUT2D eigenvalue weighted by molar-refractivity contribution is 7.71. The highest BCUT2D eigenvalue weighted by Gasteiger charge is 2.12. The largest absolute Gasteiger partial charge is 0.481 e. The maximum absolute atomic E-state index is 9.23. The third kappa shape index (κ3) is 1.85. The number of aromatic amines is 1. The third-order valence-electron chi connectivity index (χ3n) is 2.98. The summed E-state index contributed by atoms with van der Waals surface area (Å²) in [5.41, 5.74) is 2.67. The van der Waals surface area contributed by atoms with E-state index in [0.29, 0.717) is 27.5 Å². The topological polar surface area (TPSA) is 66.6 Å². The molecule has 0 fully saturated rings. The lowest BCUT2D eigenvalue weighted by Gasteiger charge is -2.06. The summed E-state index contributed by atoms with van der Waals surface area (Å²) in [6.07, 6.45) is 0. The normalized spacial score (nSPS) is 10.4. The van der Waals surface area contributed by atoms with Crippen LogP contribution in [-0.2, 0) is 0 Å². The quantitative estimate of drug-likeness (QED) is 0.734. The number of pyridine rings is 1. The molecule has 98 valence electrons. The molecule has 0 unspecified atom stereocenters. The molecule has 3 rings (SSSR count). The number of hydrogen-bond donors (Lipinski definition) is 1. The first-order valence-electron chi connectivity index (χ1n) is 5.90. The van der Waals surface area contributed by atoms with Crippen LogP contribution >= 0.6 is 12.2 Å². The van der Waals surface area contributed by atoms with Gasteiger partial charge in [-0.1, -0.05) is 12.1 Å². The Kier molecular flexibility index (Phi) is 2.97. The standard InChI is InChI=1S/C14H10N4OS/c1-19-12-7-6-10-13(17-12)18(14(20)16-10)11-5-3-2-4-9(11)8-15/h2-7H,1H3,(H,16,20). The molecule has 2 aromatic heterocycles. The summed E-state index contributed by atoms with van der Waals surface area (Å²) < 4.78 is 7.37. The van der Waals surface area contributed by atoms with Crippen molar-refractivity contribution in [2.75, 3.05) is 7.11 Å². The number of H-pyrrole nitrogens is 1. The van der Waals surface area contributed by atoms with E-state index >= 15 is 0 Å². The number of nitrogens with one attached hydrogen (secondary N) is 1. The zero-order chi connectivity index (χ0) is 14.1. The predicted molar refractivity (Wildman–Crippen MR) is 77.5 cm³/mol. The monoisotopic (exact) mass is 282 g/mol. The van der Waals surface area contributed by atoms with Crippen LogP contribution in [-0.4, -0.2) is 21.6 Å². The molecule has 5 nitrogen and oxygen atoms in total. The third-order valence-corrected chi connectivity index (χ3v) is 3.27. The second-order valence-corrected chi connectivity index (χ2v) is 4.51. The molecule has 0 atom stereocenters. The van der Waals surface area contributed by atoms with Crippen LogP contribution in [0.15, 0.2) is 36.4 Å². The first-order chi connectivity index (χ1) is 9.74. The van der Waals surface area contributed by atoms with Gasteiger partial charge in [-0.05, 0) is 30.4 Å². The van der Waals surface area contributed by atoms with Crippen LogP contribution in [0.5, 0.6) is 5.88 Å². The SMILES string of the molecule is COc1ccc2[nH]c(=S)n(-c3ccccc3C#N)c2n1. The van der Waals surface area contributed by atoms with Gasteiger partial charge >= 0.3 is 0 Å². The summed E-state index contributed by atoms with van der Waals surface area (Å²) in [6.45, 7) is 0. The van der Waals surface area contributed by atoms with E-state index < -0.39 is 0 Å². The van der Waals surface area contributed by atoms with Crippen LogP contribution in [0, 0.1) is 16.1 Å². The van der Waals surface area contributed by atoms with Crippen molar-refractivity contribution in [3.8, 4) is 17.6 Å². The lowest BCUT2D eigenvalue weighted by atomic mass is 10.2. The van der Waals surface area contributed by atoms with Crippen molar-refractivity contribution in [3.05, 3.63) is 46.7 Å². The van der Waals surface area contributed by atoms with Crippen LogP contribution in [0.3, 0.4) is 0 Å². The summed E-state index contributed by atoms with van der Waals surface area (Å²) in [5, 5.41) is 9.23. The second-order valence-electron chi connectivity index (χ2n) is 4.12. The first kappa shape index (κ1) is 12.4. The Bertz CT molecular complexity index is 888. The zero-order valence-electron chi connectivity index (χ0n) is 10.6. The molecule has 2 heterocycles. The number of para-hydroxylation sites is 1. The first-order valence-corrected chi connectivity index (χ1v) is 6.30. The Balaban J connectivity index is 2.39. The molecule has 0 bridgehead atoms. The minimum atomic E-state index is 0.489. The molecule has 0 amide bonds. The van der Waals surface area contributed by atoms with Gasteiger partial charge in [0.1, 0.15) is 6.07 Å². The number of benzene rings is 1. The van der Waals surface area contributed by atoms with E-state index in [1.807, 2.05) is 24.3 Å². The zero-order valence-corrected chi connectivity index (χ0v) is 11.4. The van der Waals surface area contributed by atoms with Crippen LogP contribution < -0.4 is 4.74 Å². The number of aromatic nitrogens is 3. The fourth-order valence-corrected chi connectivity index (χ4v) is 2.36. The van der Waals surface area contributed by atoms with E-state index in [4.69, 9.17) is 17.0 Å². The van der Waals surface area contributed by atoms with Crippen LogP contribution in [0.2, 0.25) is 0 Å². The number of fused-ring (bicyclic) bond motifs is 1. The minimum absolute atomic E-state index is 0.489. The Labute approximate surface area is 120 Å². The van der Waals surface area contributed by atoms with E-state index in [0.717, 1.165) is 5.52 Å². The molecule has 3 aromatic rings. The van der Waals surface area contributed by atoms with Crippen molar-refractivity contribution < 1.29 is 4.74 Å². The number of nitrogens with zero attached hydrogens (tertiary/aromatic N) is 3. The number of ether oxygens (including phenoxy) is 1. The average Bonchev–Trinajstić information content (AvgIpc) is 2.81. The molecule has 6 heteroatoms. The van der Waals surface area contributed by atoms with Crippen LogP contribution in [0.1, 0.15) is 5.56 Å². The van der Waals surface area contributed by atoms with Crippen LogP contribution in [0.4, 0.5) is 0 Å². The summed E-state index contributed by atoms with van der Waals surface area (Å²) in [4.78, 5) is 7.48. The Morgan fingerprint density at radius 3 is 2.85 bits per heavy atom. The van der Waals surface area contributed by atoms with E-state index in [1.54, 1.807) is 23.8 Å². The van der Waals surface area contributed by atoms with Gasteiger partial charge in [-0.3, -0.25) is 4.57 Å². The molecular weight excluding hydrogens is 272 g/mol. The molecule has 20 heavy (non-hydrogen) atoms. The van der Waals surface area contributed by atoms with Gasteiger partial charge < -0.3 is 9.72 Å². The minimum Gasteiger partial charge on any atom is -0.481 e. The second kappa shape index (κ2) is 4.79. The fraction of sp³-hybridized carbons (Fsp3) is 0.0714. The molecule has 0 aliphatic heterocycles. The molecule has 0 spiro atoms. The van der Waals surface area contributed by atoms with Crippen molar-refractivity contribution in [3.63, 3.8) is 0 Å². The van der Waals surface area contributed by atoms with Gasteiger partial charge in [0.25, 0.3) is 0 Å². The molecule has 0 aliphatic rings. The Morgan fingerprint density at radius 2 is 2.10 bits per heavy atom. The van der Waals surface area contributed by atoms with Crippen molar-refractivity contribution in [2.24, 2.45) is 0 Å². The van der Waals surface area contributed by atoms with Crippen molar-refractivity contribution in [2.45, 2.75) is 0 Å². The van der Waals surface area contributed by atoms with Gasteiger partial charge in [-0.15, -0.1) is 0 Å². The lowest BCUT2D eigenvalue weighted by molar-refractivity contribution is 0.399. The van der Waals surface area contributed by atoms with Gasteiger partial charge in [0, 0.05) is 6.07 Å². The maximum atomic E-state index is 9.23. The average molecular weight is 282 g/mol. The van der Waals surface area contributed by atoms with E-state index in [9.17, 15) is 5.26 Å².